The molecule has 0 unspecified atom stereocenters. The molecule has 0 aromatic rings. The predicted octanol–water partition coefficient (Wildman–Crippen LogP) is 5.88. The molecule has 20 heavy (non-hydrogen) atoms. The zero-order chi connectivity index (χ0) is 14.9. The fourth-order valence-electron chi connectivity index (χ4n) is 2.11. The van der Waals surface area contributed by atoms with Gasteiger partial charge in [0.25, 0.3) is 0 Å². The van der Waals surface area contributed by atoms with Gasteiger partial charge in [-0.25, -0.2) is 0 Å². The maximum absolute atomic E-state index is 10.3. The van der Waals surface area contributed by atoms with Crippen LogP contribution in [0, 0.1) is 0 Å². The SMILES string of the molecule is CCC=CCCCCC=CCCCCCCCC(=O)O. The van der Waals surface area contributed by atoms with Crippen LogP contribution in [0.25, 0.3) is 0 Å². The van der Waals surface area contributed by atoms with Crippen LogP contribution in [-0.2, 0) is 4.79 Å². The minimum absolute atomic E-state index is 0.327. The van der Waals surface area contributed by atoms with Gasteiger partial charge >= 0.3 is 5.97 Å². The number of unbranched alkanes of at least 4 members (excludes halogenated alkanes) is 8. The molecule has 0 aliphatic rings. The first kappa shape index (κ1) is 18.9. The summed E-state index contributed by atoms with van der Waals surface area (Å²) in [5.74, 6) is -0.668. The number of hydrogen-bond donors (Lipinski definition) is 1. The van der Waals surface area contributed by atoms with E-state index in [2.05, 4.69) is 31.2 Å². The largest absolute Gasteiger partial charge is 0.481 e. The zero-order valence-corrected chi connectivity index (χ0v) is 13.2. The van der Waals surface area contributed by atoms with Crippen molar-refractivity contribution in [2.45, 2.75) is 84.0 Å². The molecule has 2 nitrogen and oxygen atoms in total. The molecule has 0 saturated heterocycles. The lowest BCUT2D eigenvalue weighted by Crippen LogP contribution is -1.93. The summed E-state index contributed by atoms with van der Waals surface area (Å²) in [5, 5.41) is 8.50. The summed E-state index contributed by atoms with van der Waals surface area (Å²) in [6, 6.07) is 0. The highest BCUT2D eigenvalue weighted by Crippen LogP contribution is 2.08. The molecule has 0 saturated carbocycles. The van der Waals surface area contributed by atoms with Gasteiger partial charge in [-0.2, -0.15) is 0 Å². The zero-order valence-electron chi connectivity index (χ0n) is 13.2. The van der Waals surface area contributed by atoms with Crippen LogP contribution in [0.4, 0.5) is 0 Å². The molecule has 0 bridgehead atoms. The van der Waals surface area contributed by atoms with Gasteiger partial charge in [0, 0.05) is 6.42 Å². The molecule has 1 N–H and O–H groups in total. The van der Waals surface area contributed by atoms with Crippen LogP contribution in [0.1, 0.15) is 84.0 Å². The van der Waals surface area contributed by atoms with E-state index < -0.39 is 5.97 Å². The van der Waals surface area contributed by atoms with Crippen LogP contribution in [-0.4, -0.2) is 11.1 Å². The fraction of sp³-hybridized carbons (Fsp3) is 0.722. The number of hydrogen-bond acceptors (Lipinski definition) is 1. The van der Waals surface area contributed by atoms with Crippen molar-refractivity contribution in [3.8, 4) is 0 Å². The molecule has 0 aliphatic heterocycles. The molecule has 2 heteroatoms. The van der Waals surface area contributed by atoms with E-state index in [-0.39, 0.29) is 0 Å². The number of aliphatic carboxylic acids is 1. The van der Waals surface area contributed by atoms with Crippen molar-refractivity contribution in [2.24, 2.45) is 0 Å². The standard InChI is InChI=1S/C18H32O2/c1-2-3-4-5-6-7-8-9-10-11-12-13-14-15-16-17-18(19)20/h3-4,9-10H,2,5-8,11-17H2,1H3,(H,19,20). The molecule has 0 radical (unpaired) electrons. The van der Waals surface area contributed by atoms with E-state index in [0.29, 0.717) is 6.42 Å². The topological polar surface area (TPSA) is 37.3 Å². The van der Waals surface area contributed by atoms with Crippen LogP contribution in [0.3, 0.4) is 0 Å². The summed E-state index contributed by atoms with van der Waals surface area (Å²) in [7, 11) is 0. The molecular weight excluding hydrogens is 248 g/mol. The third-order valence-electron chi connectivity index (χ3n) is 3.32. The van der Waals surface area contributed by atoms with E-state index in [0.717, 1.165) is 19.3 Å². The summed E-state index contributed by atoms with van der Waals surface area (Å²) < 4.78 is 0. The summed E-state index contributed by atoms with van der Waals surface area (Å²) in [5.41, 5.74) is 0. The van der Waals surface area contributed by atoms with Crippen LogP contribution >= 0.6 is 0 Å². The normalized spacial score (nSPS) is 11.7. The second-order valence-electron chi connectivity index (χ2n) is 5.34. The Labute approximate surface area is 125 Å². The van der Waals surface area contributed by atoms with Gasteiger partial charge in [0.15, 0.2) is 0 Å². The minimum Gasteiger partial charge on any atom is -0.481 e. The molecular formula is C18H32O2. The second-order valence-corrected chi connectivity index (χ2v) is 5.34. The number of carbonyl (C=O) groups is 1. The molecule has 0 atom stereocenters. The molecule has 116 valence electrons. The number of allylic oxidation sites excluding steroid dienone is 4. The number of rotatable bonds is 14. The summed E-state index contributed by atoms with van der Waals surface area (Å²) in [4.78, 5) is 10.3. The van der Waals surface area contributed by atoms with Crippen molar-refractivity contribution < 1.29 is 9.90 Å². The third kappa shape index (κ3) is 16.9. The Balaban J connectivity index is 3.12. The highest BCUT2D eigenvalue weighted by molar-refractivity contribution is 5.66. The Bertz CT molecular complexity index is 267. The molecule has 0 heterocycles. The Morgan fingerprint density at radius 3 is 1.75 bits per heavy atom. The van der Waals surface area contributed by atoms with Crippen LogP contribution < -0.4 is 0 Å². The smallest absolute Gasteiger partial charge is 0.303 e. The second kappa shape index (κ2) is 16.0. The highest BCUT2D eigenvalue weighted by atomic mass is 16.4. The molecule has 0 amide bonds. The lowest BCUT2D eigenvalue weighted by atomic mass is 10.1. The molecule has 0 rings (SSSR count). The van der Waals surface area contributed by atoms with Crippen molar-refractivity contribution in [3.63, 3.8) is 0 Å². The first-order chi connectivity index (χ1) is 9.77. The maximum atomic E-state index is 10.3. The van der Waals surface area contributed by atoms with Gasteiger partial charge in [0.05, 0.1) is 0 Å². The van der Waals surface area contributed by atoms with Gasteiger partial charge in [-0.1, -0.05) is 50.5 Å². The van der Waals surface area contributed by atoms with E-state index in [4.69, 9.17) is 5.11 Å². The van der Waals surface area contributed by atoms with Crippen molar-refractivity contribution in [1.82, 2.24) is 0 Å². The highest BCUT2D eigenvalue weighted by Gasteiger charge is 1.95. The summed E-state index contributed by atoms with van der Waals surface area (Å²) in [6.07, 6.45) is 22.3. The predicted molar refractivity (Wildman–Crippen MR) is 87.0 cm³/mol. The van der Waals surface area contributed by atoms with Gasteiger partial charge in [0.1, 0.15) is 0 Å². The first-order valence-corrected chi connectivity index (χ1v) is 8.29. The third-order valence-corrected chi connectivity index (χ3v) is 3.32. The van der Waals surface area contributed by atoms with Crippen molar-refractivity contribution in [1.29, 1.82) is 0 Å². The fourth-order valence-corrected chi connectivity index (χ4v) is 2.11. The van der Waals surface area contributed by atoms with E-state index in [1.807, 2.05) is 0 Å². The molecule has 0 spiro atoms. The first-order valence-electron chi connectivity index (χ1n) is 8.29. The molecule has 0 aromatic carbocycles. The van der Waals surface area contributed by atoms with Gasteiger partial charge in [-0.15, -0.1) is 0 Å². The number of carboxylic acid groups (broad SMARTS) is 1. The van der Waals surface area contributed by atoms with Crippen molar-refractivity contribution in [2.75, 3.05) is 0 Å². The van der Waals surface area contributed by atoms with E-state index >= 15 is 0 Å². The number of carboxylic acids is 1. The van der Waals surface area contributed by atoms with E-state index in [1.54, 1.807) is 0 Å². The van der Waals surface area contributed by atoms with Crippen molar-refractivity contribution >= 4 is 5.97 Å². The summed E-state index contributed by atoms with van der Waals surface area (Å²) in [6.45, 7) is 2.17. The van der Waals surface area contributed by atoms with Gasteiger partial charge < -0.3 is 5.11 Å². The van der Waals surface area contributed by atoms with Gasteiger partial charge in [-0.05, 0) is 51.4 Å². The average molecular weight is 280 g/mol. The van der Waals surface area contributed by atoms with E-state index in [1.165, 1.54) is 51.4 Å². The molecule has 0 fully saturated rings. The average Bonchev–Trinajstić information content (AvgIpc) is 2.43. The minimum atomic E-state index is -0.668. The Morgan fingerprint density at radius 1 is 0.750 bits per heavy atom. The van der Waals surface area contributed by atoms with Crippen molar-refractivity contribution in [3.05, 3.63) is 24.3 Å². The van der Waals surface area contributed by atoms with E-state index in [9.17, 15) is 4.79 Å². The lowest BCUT2D eigenvalue weighted by molar-refractivity contribution is -0.137. The van der Waals surface area contributed by atoms with Gasteiger partial charge in [0.2, 0.25) is 0 Å². The van der Waals surface area contributed by atoms with Crippen LogP contribution in [0.5, 0.6) is 0 Å². The lowest BCUT2D eigenvalue weighted by Gasteiger charge is -1.98. The Hall–Kier alpha value is -1.05. The maximum Gasteiger partial charge on any atom is 0.303 e. The Kier molecular flexibility index (Phi) is 15.2. The Morgan fingerprint density at radius 2 is 1.20 bits per heavy atom. The monoisotopic (exact) mass is 280 g/mol. The quantitative estimate of drug-likeness (QED) is 0.318. The van der Waals surface area contributed by atoms with Crippen LogP contribution in [0.15, 0.2) is 24.3 Å². The van der Waals surface area contributed by atoms with Crippen LogP contribution in [0.2, 0.25) is 0 Å². The molecule has 0 aromatic heterocycles. The summed E-state index contributed by atoms with van der Waals surface area (Å²) >= 11 is 0. The van der Waals surface area contributed by atoms with Gasteiger partial charge in [-0.3, -0.25) is 4.79 Å². The molecule has 0 aliphatic carbocycles.